The molecule has 1 saturated carbocycles. The van der Waals surface area contributed by atoms with Crippen molar-refractivity contribution in [1.82, 2.24) is 0 Å². The predicted octanol–water partition coefficient (Wildman–Crippen LogP) is 3.48. The van der Waals surface area contributed by atoms with Crippen LogP contribution in [0.3, 0.4) is 0 Å². The van der Waals surface area contributed by atoms with Crippen LogP contribution in [0.2, 0.25) is 5.02 Å². The average Bonchev–Trinajstić information content (AvgIpc) is 2.87. The molecule has 1 aromatic rings. The van der Waals surface area contributed by atoms with Gasteiger partial charge in [-0.25, -0.2) is 0 Å². The van der Waals surface area contributed by atoms with E-state index in [9.17, 15) is 5.11 Å². The smallest absolute Gasteiger partial charge is 0.0924 e. The van der Waals surface area contributed by atoms with Gasteiger partial charge in [0.05, 0.1) is 16.0 Å². The summed E-state index contributed by atoms with van der Waals surface area (Å²) >= 11 is 7.50. The summed E-state index contributed by atoms with van der Waals surface area (Å²) in [6.07, 6.45) is 2.17. The maximum absolute atomic E-state index is 10.00. The minimum atomic E-state index is -0.361. The fourth-order valence-electron chi connectivity index (χ4n) is 1.64. The maximum Gasteiger partial charge on any atom is 0.0924 e. The number of halogens is 1. The summed E-state index contributed by atoms with van der Waals surface area (Å²) in [5.41, 5.74) is 0. The maximum atomic E-state index is 10.00. The molecule has 3 heteroatoms. The Morgan fingerprint density at radius 1 is 1.62 bits per heavy atom. The van der Waals surface area contributed by atoms with Crippen molar-refractivity contribution in [3.05, 3.63) is 21.3 Å². The van der Waals surface area contributed by atoms with Crippen LogP contribution >= 0.6 is 22.9 Å². The second-order valence-corrected chi connectivity index (χ2v) is 5.13. The lowest BCUT2D eigenvalue weighted by Crippen LogP contribution is -2.09. The standard InChI is InChI=1S/C10H13ClOS/c1-6(7-2-3-7)9(12)10-8(11)4-5-13-10/h4-7,9,12H,2-3H2,1H3. The van der Waals surface area contributed by atoms with E-state index in [0.29, 0.717) is 16.9 Å². The molecule has 1 nitrogen and oxygen atoms in total. The van der Waals surface area contributed by atoms with Crippen molar-refractivity contribution < 1.29 is 5.11 Å². The Hall–Kier alpha value is -0.0500. The summed E-state index contributed by atoms with van der Waals surface area (Å²) < 4.78 is 0. The van der Waals surface area contributed by atoms with Crippen molar-refractivity contribution in [2.75, 3.05) is 0 Å². The van der Waals surface area contributed by atoms with Gasteiger partial charge in [-0.2, -0.15) is 0 Å². The lowest BCUT2D eigenvalue weighted by molar-refractivity contribution is 0.109. The zero-order valence-electron chi connectivity index (χ0n) is 7.53. The molecule has 0 spiro atoms. The first-order valence-electron chi connectivity index (χ1n) is 4.61. The van der Waals surface area contributed by atoms with Crippen molar-refractivity contribution in [1.29, 1.82) is 0 Å². The number of aliphatic hydroxyl groups is 1. The molecule has 1 aliphatic carbocycles. The normalized spacial score (nSPS) is 21.5. The second kappa shape index (κ2) is 3.60. The van der Waals surface area contributed by atoms with Gasteiger partial charge in [0.25, 0.3) is 0 Å². The highest BCUT2D eigenvalue weighted by Crippen LogP contribution is 2.44. The number of hydrogen-bond donors (Lipinski definition) is 1. The second-order valence-electron chi connectivity index (χ2n) is 3.77. The van der Waals surface area contributed by atoms with Crippen molar-refractivity contribution in [3.63, 3.8) is 0 Å². The summed E-state index contributed by atoms with van der Waals surface area (Å²) in [4.78, 5) is 0.932. The van der Waals surface area contributed by atoms with E-state index >= 15 is 0 Å². The van der Waals surface area contributed by atoms with Gasteiger partial charge < -0.3 is 5.11 Å². The van der Waals surface area contributed by atoms with E-state index in [4.69, 9.17) is 11.6 Å². The van der Waals surface area contributed by atoms with Gasteiger partial charge in [-0.1, -0.05) is 18.5 Å². The third kappa shape index (κ3) is 1.90. The van der Waals surface area contributed by atoms with Crippen molar-refractivity contribution >= 4 is 22.9 Å². The SMILES string of the molecule is CC(C1CC1)C(O)c1sccc1Cl. The zero-order valence-corrected chi connectivity index (χ0v) is 9.11. The summed E-state index contributed by atoms with van der Waals surface area (Å²) in [6.45, 7) is 2.11. The Balaban J connectivity index is 2.11. The molecule has 0 radical (unpaired) electrons. The van der Waals surface area contributed by atoms with Gasteiger partial charge in [0.2, 0.25) is 0 Å². The molecular formula is C10H13ClOS. The first-order valence-corrected chi connectivity index (χ1v) is 5.87. The van der Waals surface area contributed by atoms with Crippen LogP contribution in [0.15, 0.2) is 11.4 Å². The highest BCUT2D eigenvalue weighted by atomic mass is 35.5. The summed E-state index contributed by atoms with van der Waals surface area (Å²) in [7, 11) is 0. The van der Waals surface area contributed by atoms with E-state index in [0.717, 1.165) is 4.88 Å². The van der Waals surface area contributed by atoms with Crippen LogP contribution in [0.4, 0.5) is 0 Å². The lowest BCUT2D eigenvalue weighted by Gasteiger charge is -2.17. The van der Waals surface area contributed by atoms with Crippen molar-refractivity contribution in [2.45, 2.75) is 25.9 Å². The third-order valence-corrected chi connectivity index (χ3v) is 4.21. The number of thiophene rings is 1. The molecule has 2 unspecified atom stereocenters. The van der Waals surface area contributed by atoms with Gasteiger partial charge in [0.1, 0.15) is 0 Å². The van der Waals surface area contributed by atoms with Crippen LogP contribution in [-0.4, -0.2) is 5.11 Å². The van der Waals surface area contributed by atoms with Crippen LogP contribution in [0.25, 0.3) is 0 Å². The fraction of sp³-hybridized carbons (Fsp3) is 0.600. The largest absolute Gasteiger partial charge is 0.387 e. The molecule has 1 heterocycles. The van der Waals surface area contributed by atoms with E-state index < -0.39 is 0 Å². The Bertz CT molecular complexity index is 293. The van der Waals surface area contributed by atoms with Gasteiger partial charge in [-0.15, -0.1) is 11.3 Å². The van der Waals surface area contributed by atoms with Gasteiger partial charge >= 0.3 is 0 Å². The molecule has 1 aromatic heterocycles. The van der Waals surface area contributed by atoms with Crippen molar-refractivity contribution in [2.24, 2.45) is 11.8 Å². The lowest BCUT2D eigenvalue weighted by atomic mass is 9.98. The average molecular weight is 217 g/mol. The molecule has 2 rings (SSSR count). The predicted molar refractivity (Wildman–Crippen MR) is 56.2 cm³/mol. The number of aliphatic hydroxyl groups excluding tert-OH is 1. The highest BCUT2D eigenvalue weighted by molar-refractivity contribution is 7.10. The Morgan fingerprint density at radius 3 is 2.77 bits per heavy atom. The van der Waals surface area contributed by atoms with Crippen LogP contribution in [0.1, 0.15) is 30.7 Å². The number of rotatable bonds is 3. The topological polar surface area (TPSA) is 20.2 Å². The van der Waals surface area contributed by atoms with E-state index in [1.54, 1.807) is 11.3 Å². The Kier molecular flexibility index (Phi) is 2.63. The summed E-state index contributed by atoms with van der Waals surface area (Å²) in [5, 5.41) is 12.6. The van der Waals surface area contributed by atoms with Gasteiger partial charge in [0, 0.05) is 0 Å². The molecule has 0 aliphatic heterocycles. The number of hydrogen-bond acceptors (Lipinski definition) is 2. The van der Waals surface area contributed by atoms with Crippen LogP contribution in [0.5, 0.6) is 0 Å². The highest BCUT2D eigenvalue weighted by Gasteiger charge is 2.34. The molecule has 1 N–H and O–H groups in total. The molecule has 0 saturated heterocycles. The first kappa shape index (κ1) is 9.50. The van der Waals surface area contributed by atoms with E-state index in [-0.39, 0.29) is 6.10 Å². The molecule has 13 heavy (non-hydrogen) atoms. The summed E-state index contributed by atoms with van der Waals surface area (Å²) in [6, 6.07) is 1.85. The minimum absolute atomic E-state index is 0.358. The van der Waals surface area contributed by atoms with Gasteiger partial charge in [0.15, 0.2) is 0 Å². The molecule has 0 amide bonds. The molecule has 72 valence electrons. The van der Waals surface area contributed by atoms with E-state index in [2.05, 4.69) is 6.92 Å². The summed E-state index contributed by atoms with van der Waals surface area (Å²) in [5.74, 6) is 1.07. The third-order valence-electron chi connectivity index (χ3n) is 2.78. The van der Waals surface area contributed by atoms with Crippen molar-refractivity contribution in [3.8, 4) is 0 Å². The van der Waals surface area contributed by atoms with E-state index in [1.807, 2.05) is 11.4 Å². The van der Waals surface area contributed by atoms with Crippen LogP contribution in [-0.2, 0) is 0 Å². The monoisotopic (exact) mass is 216 g/mol. The molecule has 0 aromatic carbocycles. The molecule has 0 bridgehead atoms. The molecule has 1 aliphatic rings. The fourth-order valence-corrected chi connectivity index (χ4v) is 2.90. The van der Waals surface area contributed by atoms with Gasteiger partial charge in [-0.3, -0.25) is 0 Å². The van der Waals surface area contributed by atoms with Crippen LogP contribution < -0.4 is 0 Å². The Labute approximate surface area is 87.4 Å². The van der Waals surface area contributed by atoms with E-state index in [1.165, 1.54) is 12.8 Å². The molecule has 1 fully saturated rings. The Morgan fingerprint density at radius 2 is 2.31 bits per heavy atom. The quantitative estimate of drug-likeness (QED) is 0.820. The molecular weight excluding hydrogens is 204 g/mol. The zero-order chi connectivity index (χ0) is 9.42. The first-order chi connectivity index (χ1) is 6.20. The van der Waals surface area contributed by atoms with Gasteiger partial charge in [-0.05, 0) is 36.1 Å². The molecule has 2 atom stereocenters. The minimum Gasteiger partial charge on any atom is -0.387 e. The van der Waals surface area contributed by atoms with Crippen LogP contribution in [0, 0.1) is 11.8 Å².